The van der Waals surface area contributed by atoms with E-state index in [1.807, 2.05) is 0 Å². The Morgan fingerprint density at radius 1 is 0.743 bits per heavy atom. The first kappa shape index (κ1) is 37.6. The first-order valence-corrected chi connectivity index (χ1v) is 16.9. The average molecular weight is 549 g/mol. The Morgan fingerprint density at radius 3 is 1.37 bits per heavy atom. The largest absolute Gasteiger partial charge is 0.481 e. The molecule has 0 aromatic heterocycles. The second-order valence-electron chi connectivity index (χ2n) is 9.33. The van der Waals surface area contributed by atoms with Crippen LogP contribution in [-0.2, 0) is 24.4 Å². The number of unbranched alkanes of at least 4 members (excludes halogenated alkanes) is 15. The first-order valence-electron chi connectivity index (χ1n) is 13.6. The quantitative estimate of drug-likeness (QED) is 0.0806. The molecule has 0 radical (unpaired) electrons. The van der Waals surface area contributed by atoms with Crippen LogP contribution in [-0.4, -0.2) is 96.1 Å². The number of ether oxygens (including phenoxy) is 1. The van der Waals surface area contributed by atoms with E-state index in [4.69, 9.17) is 19.5 Å². The van der Waals surface area contributed by atoms with Gasteiger partial charge in [0, 0.05) is 0 Å². The molecular formula is C25H49KO8S. The zero-order chi connectivity index (χ0) is 27.0. The van der Waals surface area contributed by atoms with Crippen molar-refractivity contribution in [2.75, 3.05) is 6.61 Å². The molecule has 0 aliphatic rings. The summed E-state index contributed by atoms with van der Waals surface area (Å²) in [5, 5.41) is 13.9. The predicted octanol–water partition coefficient (Wildman–Crippen LogP) is 5.97. The van der Waals surface area contributed by atoms with E-state index in [-0.39, 0.29) is 0 Å². The Hall–Kier alpha value is 0.446. The molecule has 0 aliphatic carbocycles. The number of hydrogen-bond acceptors (Lipinski definition) is 5. The Morgan fingerprint density at radius 2 is 1.11 bits per heavy atom. The molecule has 0 saturated heterocycles. The Kier molecular flexibility index (Phi) is 28.0. The van der Waals surface area contributed by atoms with Gasteiger partial charge in [-0.2, -0.15) is 8.42 Å². The summed E-state index contributed by atoms with van der Waals surface area (Å²) in [7, 11) is -4.84. The van der Waals surface area contributed by atoms with Crippen LogP contribution < -0.4 is 0 Å². The molecular weight excluding hydrogens is 499 g/mol. The van der Waals surface area contributed by atoms with Gasteiger partial charge in [-0.05, 0) is 0 Å². The van der Waals surface area contributed by atoms with Crippen molar-refractivity contribution in [3.8, 4) is 0 Å². The van der Waals surface area contributed by atoms with Crippen LogP contribution >= 0.6 is 0 Å². The SMILES string of the molecule is CCCCCCCCCCCCCCCCCCO[CH]([K])CC.O=C(O)CC(C(=O)O)S(=O)(=O)O. The van der Waals surface area contributed by atoms with Crippen molar-refractivity contribution >= 4 is 71.0 Å². The van der Waals surface area contributed by atoms with Gasteiger partial charge in [0.05, 0.1) is 6.42 Å². The van der Waals surface area contributed by atoms with Crippen molar-refractivity contribution in [2.45, 2.75) is 135 Å². The maximum atomic E-state index is 10.2. The fraction of sp³-hybridized carbons (Fsp3) is 0.920. The summed E-state index contributed by atoms with van der Waals surface area (Å²) in [4.78, 5) is 20.0. The fourth-order valence-corrected chi connectivity index (χ4v) is 4.51. The second-order valence-corrected chi connectivity index (χ2v) is 12.9. The van der Waals surface area contributed by atoms with Gasteiger partial charge in [0.1, 0.15) is 0 Å². The third-order valence-corrected chi connectivity index (χ3v) is 8.85. The summed E-state index contributed by atoms with van der Waals surface area (Å²) >= 11 is 0.844. The summed E-state index contributed by atoms with van der Waals surface area (Å²) in [6.07, 6.45) is 23.1. The van der Waals surface area contributed by atoms with Crippen molar-refractivity contribution in [1.29, 1.82) is 0 Å². The molecule has 10 heteroatoms. The summed E-state index contributed by atoms with van der Waals surface area (Å²) < 4.78 is 35.1. The molecule has 0 aromatic rings. The van der Waals surface area contributed by atoms with E-state index in [2.05, 4.69) is 13.8 Å². The van der Waals surface area contributed by atoms with E-state index >= 15 is 0 Å². The van der Waals surface area contributed by atoms with Gasteiger partial charge in [-0.25, -0.2) is 0 Å². The number of carboxylic acids is 2. The molecule has 204 valence electrons. The van der Waals surface area contributed by atoms with E-state index in [1.165, 1.54) is 109 Å². The van der Waals surface area contributed by atoms with Gasteiger partial charge in [-0.1, -0.05) is 51.9 Å². The standard InChI is InChI=1S/C21H43O.C4H6O7S.K/c1-3-5-6-7-8-9-10-11-12-13-14-15-16-17-18-19-21-22-20-4-2;5-3(6)1-2(4(7)8)12(9,10)11;/h20H,3-19,21H2,1-2H3;2H,1H2,(H,5,6)(H,7,8)(H,9,10,11);. The summed E-state index contributed by atoms with van der Waals surface area (Å²) in [5.41, 5.74) is 0. The van der Waals surface area contributed by atoms with Gasteiger partial charge in [0.15, 0.2) is 5.25 Å². The molecule has 3 N–H and O–H groups in total. The normalized spacial score (nSPS) is 13.1. The third kappa shape index (κ3) is 28.9. The minimum atomic E-state index is -4.84. The van der Waals surface area contributed by atoms with Crippen LogP contribution in [0.4, 0.5) is 0 Å². The van der Waals surface area contributed by atoms with E-state index in [1.54, 1.807) is 0 Å². The van der Waals surface area contributed by atoms with Crippen LogP contribution in [0.3, 0.4) is 0 Å². The molecule has 0 spiro atoms. The van der Waals surface area contributed by atoms with Gasteiger partial charge in [-0.3, -0.25) is 14.1 Å². The minimum absolute atomic E-state index is 0.638. The Bertz CT molecular complexity index is 613. The summed E-state index contributed by atoms with van der Waals surface area (Å²) in [6, 6.07) is 0. The van der Waals surface area contributed by atoms with Crippen LogP contribution in [0.15, 0.2) is 0 Å². The molecule has 0 heterocycles. The van der Waals surface area contributed by atoms with E-state index < -0.39 is 33.7 Å². The first-order chi connectivity index (χ1) is 16.6. The fourth-order valence-electron chi connectivity index (χ4n) is 3.53. The van der Waals surface area contributed by atoms with Crippen LogP contribution in [0.25, 0.3) is 0 Å². The van der Waals surface area contributed by atoms with Gasteiger partial charge in [0.25, 0.3) is 10.1 Å². The summed E-state index contributed by atoms with van der Waals surface area (Å²) in [6.45, 7) is 5.55. The van der Waals surface area contributed by atoms with Gasteiger partial charge < -0.3 is 10.2 Å². The van der Waals surface area contributed by atoms with Crippen molar-refractivity contribution in [3.05, 3.63) is 0 Å². The molecule has 0 fully saturated rings. The number of carboxylic acid groups (broad SMARTS) is 2. The smallest absolute Gasteiger partial charge is 0.325 e. The zero-order valence-electron chi connectivity index (χ0n) is 22.4. The molecule has 0 bridgehead atoms. The molecule has 0 saturated carbocycles. The monoisotopic (exact) mass is 548 g/mol. The zero-order valence-corrected chi connectivity index (χ0v) is 26.3. The molecule has 2 atom stereocenters. The van der Waals surface area contributed by atoms with Crippen LogP contribution in [0, 0.1) is 0 Å². The Labute approximate surface area is 247 Å². The average Bonchev–Trinajstić information content (AvgIpc) is 2.78. The van der Waals surface area contributed by atoms with Crippen LogP contribution in [0.2, 0.25) is 0 Å². The van der Waals surface area contributed by atoms with E-state index in [9.17, 15) is 18.0 Å². The van der Waals surface area contributed by atoms with Crippen molar-refractivity contribution < 1.29 is 37.5 Å². The van der Waals surface area contributed by atoms with Crippen LogP contribution in [0.5, 0.6) is 0 Å². The molecule has 0 aromatic carbocycles. The number of rotatable bonds is 23. The molecule has 2 unspecified atom stereocenters. The van der Waals surface area contributed by atoms with Crippen molar-refractivity contribution in [3.63, 3.8) is 0 Å². The molecule has 0 aliphatic heterocycles. The number of hydrogen-bond donors (Lipinski definition) is 3. The molecule has 8 nitrogen and oxygen atoms in total. The predicted molar refractivity (Wildman–Crippen MR) is 141 cm³/mol. The third-order valence-electron chi connectivity index (χ3n) is 5.97. The molecule has 0 rings (SSSR count). The number of aliphatic carboxylic acids is 2. The molecule has 0 amide bonds. The van der Waals surface area contributed by atoms with Crippen molar-refractivity contribution in [2.24, 2.45) is 0 Å². The van der Waals surface area contributed by atoms with Gasteiger partial charge in [0.2, 0.25) is 0 Å². The topological polar surface area (TPSA) is 138 Å². The van der Waals surface area contributed by atoms with E-state index in [0.717, 1.165) is 55.6 Å². The van der Waals surface area contributed by atoms with Gasteiger partial charge >= 0.3 is 144 Å². The van der Waals surface area contributed by atoms with Crippen molar-refractivity contribution in [1.82, 2.24) is 0 Å². The van der Waals surface area contributed by atoms with Crippen LogP contribution in [0.1, 0.15) is 129 Å². The van der Waals surface area contributed by atoms with Gasteiger partial charge in [-0.15, -0.1) is 0 Å². The van der Waals surface area contributed by atoms with E-state index in [0.29, 0.717) is 0.199 Å². The maximum absolute atomic E-state index is 10.2. The number of carbonyl (C=O) groups is 2. The minimum Gasteiger partial charge on any atom is -0.481 e. The molecule has 35 heavy (non-hydrogen) atoms. The second kappa shape index (κ2) is 26.1. The summed E-state index contributed by atoms with van der Waals surface area (Å²) in [5.74, 6) is -3.50. The Balaban J connectivity index is 0. The maximum Gasteiger partial charge on any atom is 0.325 e.